The first-order valence-electron chi connectivity index (χ1n) is 9.28. The number of carbonyl (C=O) groups excluding carboxylic acids is 1. The minimum absolute atomic E-state index is 0. The van der Waals surface area contributed by atoms with E-state index >= 15 is 0 Å². The molecule has 5 rings (SSSR count). The van der Waals surface area contributed by atoms with Gasteiger partial charge in [-0.3, -0.25) is 9.36 Å². The molecule has 0 bridgehead atoms. The Morgan fingerprint density at radius 1 is 1.04 bits per heavy atom. The molecule has 1 saturated heterocycles. The van der Waals surface area contributed by atoms with Gasteiger partial charge in [0.25, 0.3) is 5.91 Å². The molecule has 3 unspecified atom stereocenters. The van der Waals surface area contributed by atoms with E-state index in [1.165, 1.54) is 0 Å². The Morgan fingerprint density at radius 3 is 2.59 bits per heavy atom. The van der Waals surface area contributed by atoms with Gasteiger partial charge in [-0.25, -0.2) is 4.98 Å². The maximum absolute atomic E-state index is 12.9. The van der Waals surface area contributed by atoms with Crippen LogP contribution in [0.5, 0.6) is 0 Å². The number of para-hydroxylation sites is 2. The first-order valence-corrected chi connectivity index (χ1v) is 9.28. The van der Waals surface area contributed by atoms with E-state index in [-0.39, 0.29) is 24.4 Å². The minimum Gasteiger partial charge on any atom is -0.338 e. The Kier molecular flexibility index (Phi) is 4.66. The summed E-state index contributed by atoms with van der Waals surface area (Å²) in [5.74, 6) is 1.19. The quantitative estimate of drug-likeness (QED) is 0.739. The Labute approximate surface area is 164 Å². The van der Waals surface area contributed by atoms with E-state index in [0.29, 0.717) is 11.8 Å². The summed E-state index contributed by atoms with van der Waals surface area (Å²) >= 11 is 0. The van der Waals surface area contributed by atoms with Crippen molar-refractivity contribution >= 4 is 29.3 Å². The molecule has 1 amide bonds. The molecule has 27 heavy (non-hydrogen) atoms. The van der Waals surface area contributed by atoms with Crippen LogP contribution in [0.25, 0.3) is 16.7 Å². The van der Waals surface area contributed by atoms with E-state index in [1.807, 2.05) is 64.3 Å². The monoisotopic (exact) mass is 382 g/mol. The second-order valence-electron chi connectivity index (χ2n) is 7.53. The number of carbonyl (C=O) groups is 1. The molecule has 2 aromatic carbocycles. The lowest BCUT2D eigenvalue weighted by Gasteiger charge is -2.19. The topological polar surface area (TPSA) is 64.2 Å². The van der Waals surface area contributed by atoms with Gasteiger partial charge in [-0.2, -0.15) is 0 Å². The lowest BCUT2D eigenvalue weighted by molar-refractivity contribution is 0.0779. The molecule has 2 fully saturated rings. The highest BCUT2D eigenvalue weighted by Gasteiger charge is 2.42. The number of hydrogen-bond donors (Lipinski definition) is 1. The summed E-state index contributed by atoms with van der Waals surface area (Å²) in [6.45, 7) is 1.66. The highest BCUT2D eigenvalue weighted by molar-refractivity contribution is 5.94. The van der Waals surface area contributed by atoms with Crippen LogP contribution in [-0.4, -0.2) is 39.5 Å². The standard InChI is InChI=1S/C21H22N4O.ClH/c22-18-10-7-15-11-24(12-17(15)18)21(26)14-5-8-16(9-6-14)25-13-23-19-3-1-2-4-20(19)25;/h1-6,8-9,13,15,17-18H,7,10-12,22H2;1H. The molecule has 1 aliphatic carbocycles. The van der Waals surface area contributed by atoms with Gasteiger partial charge in [0.1, 0.15) is 6.33 Å². The number of nitrogens with zero attached hydrogens (tertiary/aromatic N) is 3. The predicted molar refractivity (Wildman–Crippen MR) is 108 cm³/mol. The lowest BCUT2D eigenvalue weighted by Crippen LogP contribution is -2.33. The Bertz CT molecular complexity index is 968. The molecule has 5 nitrogen and oxygen atoms in total. The number of benzene rings is 2. The van der Waals surface area contributed by atoms with Gasteiger partial charge >= 0.3 is 0 Å². The van der Waals surface area contributed by atoms with Crippen LogP contribution in [0.1, 0.15) is 23.2 Å². The maximum Gasteiger partial charge on any atom is 0.253 e. The number of hydrogen-bond acceptors (Lipinski definition) is 3. The van der Waals surface area contributed by atoms with E-state index in [0.717, 1.165) is 48.2 Å². The molecule has 140 valence electrons. The first-order chi connectivity index (χ1) is 12.7. The molecular formula is C21H23ClN4O. The molecular weight excluding hydrogens is 360 g/mol. The van der Waals surface area contributed by atoms with Crippen LogP contribution in [0.3, 0.4) is 0 Å². The highest BCUT2D eigenvalue weighted by atomic mass is 35.5. The summed E-state index contributed by atoms with van der Waals surface area (Å²) in [6.07, 6.45) is 4.08. The fraction of sp³-hybridized carbons (Fsp3) is 0.333. The van der Waals surface area contributed by atoms with Gasteiger partial charge in [0, 0.05) is 30.4 Å². The van der Waals surface area contributed by atoms with Crippen molar-refractivity contribution in [3.63, 3.8) is 0 Å². The first kappa shape index (κ1) is 18.0. The van der Waals surface area contributed by atoms with Crippen molar-refractivity contribution in [2.75, 3.05) is 13.1 Å². The van der Waals surface area contributed by atoms with E-state index in [4.69, 9.17) is 5.73 Å². The minimum atomic E-state index is 0. The summed E-state index contributed by atoms with van der Waals surface area (Å²) in [5.41, 5.74) is 9.97. The summed E-state index contributed by atoms with van der Waals surface area (Å²) in [5, 5.41) is 0. The summed E-state index contributed by atoms with van der Waals surface area (Å²) < 4.78 is 2.04. The number of imidazole rings is 1. The molecule has 6 heteroatoms. The molecule has 2 N–H and O–H groups in total. The third-order valence-corrected chi connectivity index (χ3v) is 6.05. The molecule has 3 aromatic rings. The van der Waals surface area contributed by atoms with E-state index in [9.17, 15) is 4.79 Å². The number of nitrogens with two attached hydrogens (primary N) is 1. The molecule has 1 saturated carbocycles. The van der Waals surface area contributed by atoms with Crippen LogP contribution in [-0.2, 0) is 0 Å². The number of halogens is 1. The summed E-state index contributed by atoms with van der Waals surface area (Å²) in [6, 6.07) is 16.1. The average molecular weight is 383 g/mol. The fourth-order valence-corrected chi connectivity index (χ4v) is 4.59. The zero-order chi connectivity index (χ0) is 17.7. The van der Waals surface area contributed by atoms with Crippen molar-refractivity contribution in [3.05, 3.63) is 60.4 Å². The van der Waals surface area contributed by atoms with Crippen LogP contribution < -0.4 is 5.73 Å². The predicted octanol–water partition coefficient (Wildman–Crippen LogP) is 3.26. The Morgan fingerprint density at radius 2 is 1.81 bits per heavy atom. The van der Waals surface area contributed by atoms with Crippen molar-refractivity contribution in [2.45, 2.75) is 18.9 Å². The zero-order valence-electron chi connectivity index (χ0n) is 15.0. The van der Waals surface area contributed by atoms with Gasteiger partial charge in [0.05, 0.1) is 11.0 Å². The Balaban J connectivity index is 0.00000180. The van der Waals surface area contributed by atoms with Crippen LogP contribution in [0.15, 0.2) is 54.9 Å². The van der Waals surface area contributed by atoms with Crippen molar-refractivity contribution < 1.29 is 4.79 Å². The van der Waals surface area contributed by atoms with E-state index in [2.05, 4.69) is 4.98 Å². The number of rotatable bonds is 2. The normalized spacial score (nSPS) is 24.0. The number of fused-ring (bicyclic) bond motifs is 2. The molecule has 0 radical (unpaired) electrons. The van der Waals surface area contributed by atoms with Crippen molar-refractivity contribution in [2.24, 2.45) is 17.6 Å². The second-order valence-corrected chi connectivity index (χ2v) is 7.53. The third-order valence-electron chi connectivity index (χ3n) is 6.05. The number of likely N-dealkylation sites (tertiary alicyclic amines) is 1. The molecule has 2 heterocycles. The van der Waals surface area contributed by atoms with Gasteiger partial charge in [-0.1, -0.05) is 12.1 Å². The molecule has 1 aromatic heterocycles. The largest absolute Gasteiger partial charge is 0.338 e. The molecule has 2 aliphatic rings. The third kappa shape index (κ3) is 3.01. The molecule has 0 spiro atoms. The van der Waals surface area contributed by atoms with Crippen molar-refractivity contribution in [3.8, 4) is 5.69 Å². The number of aromatic nitrogens is 2. The SMILES string of the molecule is Cl.NC1CCC2CN(C(=O)c3ccc(-n4cnc5ccccc54)cc3)CC12. The molecule has 3 atom stereocenters. The van der Waals surface area contributed by atoms with Crippen LogP contribution in [0, 0.1) is 11.8 Å². The second kappa shape index (κ2) is 6.98. The van der Waals surface area contributed by atoms with Crippen LogP contribution in [0.2, 0.25) is 0 Å². The smallest absolute Gasteiger partial charge is 0.253 e. The van der Waals surface area contributed by atoms with Gasteiger partial charge in [-0.05, 0) is 61.1 Å². The summed E-state index contributed by atoms with van der Waals surface area (Å²) in [4.78, 5) is 19.3. The maximum atomic E-state index is 12.9. The van der Waals surface area contributed by atoms with Crippen LogP contribution in [0.4, 0.5) is 0 Å². The van der Waals surface area contributed by atoms with Gasteiger partial charge in [0.2, 0.25) is 0 Å². The van der Waals surface area contributed by atoms with E-state index < -0.39 is 0 Å². The van der Waals surface area contributed by atoms with E-state index in [1.54, 1.807) is 0 Å². The Hall–Kier alpha value is -2.37. The summed E-state index contributed by atoms with van der Waals surface area (Å²) in [7, 11) is 0. The van der Waals surface area contributed by atoms with Crippen LogP contribution >= 0.6 is 12.4 Å². The van der Waals surface area contributed by atoms with Crippen molar-refractivity contribution in [1.82, 2.24) is 14.5 Å². The average Bonchev–Trinajstić information content (AvgIpc) is 3.37. The van der Waals surface area contributed by atoms with Gasteiger partial charge < -0.3 is 10.6 Å². The van der Waals surface area contributed by atoms with Crippen molar-refractivity contribution in [1.29, 1.82) is 0 Å². The van der Waals surface area contributed by atoms with Gasteiger partial charge in [-0.15, -0.1) is 12.4 Å². The van der Waals surface area contributed by atoms with Gasteiger partial charge in [0.15, 0.2) is 0 Å². The highest BCUT2D eigenvalue weighted by Crippen LogP contribution is 2.37. The fourth-order valence-electron chi connectivity index (χ4n) is 4.59. The number of amides is 1. The zero-order valence-corrected chi connectivity index (χ0v) is 15.8. The molecule has 1 aliphatic heterocycles. The lowest BCUT2D eigenvalue weighted by atomic mass is 9.98.